The molecule has 0 aliphatic carbocycles. The molecular formula is C31H25N7O. The molecular weight excluding hydrogens is 486 g/mol. The standard InChI is InChI=1S/C31H25N7O/c1-20(35-31(39)30-21(2)34-28-13-8-16-32-38(28)30)29-26(23-9-5-4-6-10-23)17-25-24(11-7-12-27(25)36-29)15-14-22-18-33-37(3)19-22/h4-13,16-20H,1-3H3,(H,35,39). The molecule has 190 valence electrons. The van der Waals surface area contributed by atoms with Crippen molar-refractivity contribution in [1.29, 1.82) is 0 Å². The zero-order valence-electron chi connectivity index (χ0n) is 21.8. The third-order valence-electron chi connectivity index (χ3n) is 6.56. The molecule has 8 heteroatoms. The molecule has 6 rings (SSSR count). The van der Waals surface area contributed by atoms with Crippen LogP contribution in [-0.2, 0) is 7.05 Å². The number of rotatable bonds is 4. The van der Waals surface area contributed by atoms with Crippen LogP contribution in [0.3, 0.4) is 0 Å². The molecule has 0 fully saturated rings. The molecule has 1 N–H and O–H groups in total. The van der Waals surface area contributed by atoms with Gasteiger partial charge >= 0.3 is 0 Å². The average molecular weight is 512 g/mol. The second-order valence-electron chi connectivity index (χ2n) is 9.35. The van der Waals surface area contributed by atoms with Gasteiger partial charge in [0.2, 0.25) is 0 Å². The number of carbonyl (C=O) groups is 1. The largest absolute Gasteiger partial charge is 0.343 e. The number of hydrogen-bond donors (Lipinski definition) is 1. The molecule has 4 aromatic heterocycles. The SMILES string of the molecule is Cc1nc2cccnn2c1C(=O)NC(C)c1nc2cccc(C#Cc3cnn(C)c3)c2cc1-c1ccccc1. The maximum atomic E-state index is 13.4. The van der Waals surface area contributed by atoms with Crippen LogP contribution in [0.15, 0.2) is 85.3 Å². The van der Waals surface area contributed by atoms with E-state index in [1.165, 1.54) is 0 Å². The maximum absolute atomic E-state index is 13.4. The van der Waals surface area contributed by atoms with Crippen LogP contribution >= 0.6 is 0 Å². The van der Waals surface area contributed by atoms with Crippen molar-refractivity contribution < 1.29 is 4.79 Å². The normalized spacial score (nSPS) is 11.8. The summed E-state index contributed by atoms with van der Waals surface area (Å²) in [5, 5.41) is 12.6. The lowest BCUT2D eigenvalue weighted by Crippen LogP contribution is -2.29. The van der Waals surface area contributed by atoms with E-state index in [4.69, 9.17) is 4.98 Å². The lowest BCUT2D eigenvalue weighted by molar-refractivity contribution is 0.0931. The van der Waals surface area contributed by atoms with Crippen molar-refractivity contribution in [3.05, 3.63) is 114 Å². The first kappa shape index (κ1) is 24.1. The van der Waals surface area contributed by atoms with E-state index in [1.807, 2.05) is 81.7 Å². The van der Waals surface area contributed by atoms with Gasteiger partial charge in [-0.2, -0.15) is 10.2 Å². The van der Waals surface area contributed by atoms with Crippen molar-refractivity contribution >= 4 is 22.5 Å². The first-order valence-electron chi connectivity index (χ1n) is 12.6. The van der Waals surface area contributed by atoms with E-state index in [0.717, 1.165) is 38.9 Å². The predicted molar refractivity (Wildman–Crippen MR) is 150 cm³/mol. The van der Waals surface area contributed by atoms with Crippen LogP contribution in [0.4, 0.5) is 0 Å². The van der Waals surface area contributed by atoms with Crippen LogP contribution in [0.1, 0.15) is 46.0 Å². The molecule has 0 radical (unpaired) electrons. The minimum atomic E-state index is -0.393. The molecule has 1 atom stereocenters. The van der Waals surface area contributed by atoms with Crippen molar-refractivity contribution in [2.24, 2.45) is 7.05 Å². The highest BCUT2D eigenvalue weighted by atomic mass is 16.2. The summed E-state index contributed by atoms with van der Waals surface area (Å²) in [4.78, 5) is 23.0. The molecule has 0 saturated heterocycles. The number of fused-ring (bicyclic) bond motifs is 2. The van der Waals surface area contributed by atoms with Crippen LogP contribution in [0.5, 0.6) is 0 Å². The third-order valence-corrected chi connectivity index (χ3v) is 6.56. The number of pyridine rings is 1. The molecule has 6 aromatic rings. The van der Waals surface area contributed by atoms with E-state index in [0.29, 0.717) is 17.0 Å². The highest BCUT2D eigenvalue weighted by Gasteiger charge is 2.22. The summed E-state index contributed by atoms with van der Waals surface area (Å²) < 4.78 is 3.30. The number of nitrogens with zero attached hydrogens (tertiary/aromatic N) is 6. The molecule has 0 spiro atoms. The first-order valence-corrected chi connectivity index (χ1v) is 12.6. The quantitative estimate of drug-likeness (QED) is 0.341. The average Bonchev–Trinajstić information content (AvgIpc) is 3.52. The molecule has 0 aliphatic rings. The van der Waals surface area contributed by atoms with Crippen LogP contribution in [0.25, 0.3) is 27.7 Å². The fraction of sp³-hybridized carbons (Fsp3) is 0.129. The molecule has 4 heterocycles. The number of imidazole rings is 1. The third kappa shape index (κ3) is 4.62. The summed E-state index contributed by atoms with van der Waals surface area (Å²) in [7, 11) is 1.87. The van der Waals surface area contributed by atoms with Gasteiger partial charge in [-0.3, -0.25) is 9.48 Å². The molecule has 0 bridgehead atoms. The maximum Gasteiger partial charge on any atom is 0.272 e. The van der Waals surface area contributed by atoms with Crippen molar-refractivity contribution in [1.82, 2.24) is 34.7 Å². The van der Waals surface area contributed by atoms with Crippen LogP contribution in [0.2, 0.25) is 0 Å². The van der Waals surface area contributed by atoms with Gasteiger partial charge in [-0.1, -0.05) is 48.2 Å². The smallest absolute Gasteiger partial charge is 0.272 e. The van der Waals surface area contributed by atoms with Gasteiger partial charge in [-0.05, 0) is 49.7 Å². The summed E-state index contributed by atoms with van der Waals surface area (Å²) >= 11 is 0. The molecule has 1 unspecified atom stereocenters. The molecule has 0 aliphatic heterocycles. The number of benzene rings is 2. The highest BCUT2D eigenvalue weighted by molar-refractivity contribution is 5.95. The molecule has 2 aromatic carbocycles. The lowest BCUT2D eigenvalue weighted by atomic mass is 9.96. The van der Waals surface area contributed by atoms with Gasteiger partial charge in [-0.25, -0.2) is 14.5 Å². The van der Waals surface area contributed by atoms with Crippen molar-refractivity contribution in [3.63, 3.8) is 0 Å². The number of hydrogen-bond acceptors (Lipinski definition) is 5. The number of aromatic nitrogens is 6. The fourth-order valence-corrected chi connectivity index (χ4v) is 4.72. The van der Waals surface area contributed by atoms with Gasteiger partial charge in [0.05, 0.1) is 34.7 Å². The lowest BCUT2D eigenvalue weighted by Gasteiger charge is -2.19. The van der Waals surface area contributed by atoms with Gasteiger partial charge in [0.25, 0.3) is 5.91 Å². The Morgan fingerprint density at radius 2 is 1.82 bits per heavy atom. The van der Waals surface area contributed by atoms with Gasteiger partial charge in [-0.15, -0.1) is 0 Å². The summed E-state index contributed by atoms with van der Waals surface area (Å²) in [5.41, 5.74) is 6.87. The topological polar surface area (TPSA) is 90.0 Å². The number of nitrogens with one attached hydrogen (secondary N) is 1. The Kier molecular flexibility index (Phi) is 6.10. The minimum Gasteiger partial charge on any atom is -0.343 e. The van der Waals surface area contributed by atoms with E-state index in [-0.39, 0.29) is 5.91 Å². The predicted octanol–water partition coefficient (Wildman–Crippen LogP) is 4.88. The summed E-state index contributed by atoms with van der Waals surface area (Å²) in [6.45, 7) is 3.75. The van der Waals surface area contributed by atoms with Crippen molar-refractivity contribution in [2.75, 3.05) is 0 Å². The Bertz CT molecular complexity index is 1910. The van der Waals surface area contributed by atoms with E-state index in [9.17, 15) is 4.79 Å². The van der Waals surface area contributed by atoms with Gasteiger partial charge < -0.3 is 5.32 Å². The van der Waals surface area contributed by atoms with E-state index in [1.54, 1.807) is 27.7 Å². The molecule has 8 nitrogen and oxygen atoms in total. The van der Waals surface area contributed by atoms with Crippen molar-refractivity contribution in [2.45, 2.75) is 19.9 Å². The zero-order chi connectivity index (χ0) is 26.9. The minimum absolute atomic E-state index is 0.261. The Morgan fingerprint density at radius 1 is 0.974 bits per heavy atom. The number of carbonyl (C=O) groups excluding carboxylic acids is 1. The molecule has 1 amide bonds. The second kappa shape index (κ2) is 9.88. The Morgan fingerprint density at radius 3 is 2.62 bits per heavy atom. The van der Waals surface area contributed by atoms with Crippen LogP contribution in [0, 0.1) is 18.8 Å². The zero-order valence-corrected chi connectivity index (χ0v) is 21.8. The summed E-state index contributed by atoms with van der Waals surface area (Å²) in [6.07, 6.45) is 5.27. The number of amides is 1. The molecule has 0 saturated carbocycles. The van der Waals surface area contributed by atoms with E-state index < -0.39 is 6.04 Å². The van der Waals surface area contributed by atoms with Crippen LogP contribution < -0.4 is 5.32 Å². The monoisotopic (exact) mass is 511 g/mol. The highest BCUT2D eigenvalue weighted by Crippen LogP contribution is 2.32. The van der Waals surface area contributed by atoms with E-state index in [2.05, 4.69) is 38.4 Å². The summed E-state index contributed by atoms with van der Waals surface area (Å²) in [6, 6.07) is 21.3. The summed E-state index contributed by atoms with van der Waals surface area (Å²) in [5.74, 6) is 6.23. The Hall–Kier alpha value is -5.29. The van der Waals surface area contributed by atoms with E-state index >= 15 is 0 Å². The van der Waals surface area contributed by atoms with Crippen molar-refractivity contribution in [3.8, 4) is 23.0 Å². The fourth-order valence-electron chi connectivity index (χ4n) is 4.72. The first-order chi connectivity index (χ1) is 19.0. The molecule has 39 heavy (non-hydrogen) atoms. The Labute approximate surface area is 225 Å². The van der Waals surface area contributed by atoms with Gasteiger partial charge in [0, 0.05) is 36.0 Å². The second-order valence-corrected chi connectivity index (χ2v) is 9.35. The number of aryl methyl sites for hydroxylation is 2. The van der Waals surface area contributed by atoms with Gasteiger partial charge in [0.1, 0.15) is 0 Å². The Balaban J connectivity index is 1.43. The van der Waals surface area contributed by atoms with Gasteiger partial charge in [0.15, 0.2) is 11.3 Å². The van der Waals surface area contributed by atoms with Crippen LogP contribution in [-0.4, -0.2) is 35.3 Å².